The monoisotopic (exact) mass is 448 g/mol. The molecule has 1 aliphatic heterocycles. The number of rotatable bonds is 5. The van der Waals surface area contributed by atoms with Gasteiger partial charge in [-0.05, 0) is 97.7 Å². The van der Waals surface area contributed by atoms with Crippen molar-refractivity contribution in [3.8, 4) is 0 Å². The number of fused-ring (bicyclic) bond motifs is 5. The van der Waals surface area contributed by atoms with Gasteiger partial charge in [0.05, 0.1) is 18.3 Å². The Balaban J connectivity index is 1.33. The summed E-state index contributed by atoms with van der Waals surface area (Å²) in [5, 5.41) is 33.2. The van der Waals surface area contributed by atoms with Crippen LogP contribution in [-0.2, 0) is 14.3 Å². The highest BCUT2D eigenvalue weighted by Gasteiger charge is 2.65. The van der Waals surface area contributed by atoms with Crippen molar-refractivity contribution in [1.82, 2.24) is 0 Å². The Morgan fingerprint density at radius 3 is 2.62 bits per heavy atom. The summed E-state index contributed by atoms with van der Waals surface area (Å²) in [7, 11) is 0. The van der Waals surface area contributed by atoms with Crippen molar-refractivity contribution < 1.29 is 29.6 Å². The molecule has 180 valence electrons. The van der Waals surface area contributed by atoms with Crippen LogP contribution in [0.1, 0.15) is 78.6 Å². The van der Waals surface area contributed by atoms with Gasteiger partial charge in [0, 0.05) is 6.42 Å². The smallest absolute Gasteiger partial charge is 0.329 e. The second-order valence-electron chi connectivity index (χ2n) is 12.1. The average Bonchev–Trinajstić information content (AvgIpc) is 3.47. The molecule has 6 nitrogen and oxygen atoms in total. The van der Waals surface area contributed by atoms with Crippen LogP contribution in [0.25, 0.3) is 0 Å². The van der Waals surface area contributed by atoms with Crippen LogP contribution in [0.5, 0.6) is 0 Å². The fourth-order valence-electron chi connectivity index (χ4n) is 8.91. The highest BCUT2D eigenvalue weighted by Crippen LogP contribution is 2.68. The van der Waals surface area contributed by atoms with E-state index in [1.54, 1.807) is 0 Å². The lowest BCUT2D eigenvalue weighted by Crippen LogP contribution is -2.62. The topological polar surface area (TPSA) is 99.5 Å². The number of hydrogen-bond acceptors (Lipinski definition) is 6. The highest BCUT2D eigenvalue weighted by atomic mass is 16.7. The van der Waals surface area contributed by atoms with Crippen LogP contribution < -0.4 is 0 Å². The molecule has 4 saturated carbocycles. The Bertz CT molecular complexity index is 780. The number of ether oxygens (including phenoxy) is 2. The van der Waals surface area contributed by atoms with Crippen molar-refractivity contribution in [2.45, 2.75) is 96.9 Å². The molecule has 5 aliphatic rings. The Hall–Kier alpha value is -1.11. The van der Waals surface area contributed by atoms with E-state index in [4.69, 9.17) is 9.47 Å². The van der Waals surface area contributed by atoms with E-state index in [-0.39, 0.29) is 34.9 Å². The zero-order chi connectivity index (χ0) is 22.8. The van der Waals surface area contributed by atoms with Crippen molar-refractivity contribution in [3.05, 3.63) is 12.2 Å². The minimum Gasteiger partial charge on any atom is -0.424 e. The molecule has 32 heavy (non-hydrogen) atoms. The van der Waals surface area contributed by atoms with Crippen molar-refractivity contribution in [1.29, 1.82) is 0 Å². The zero-order valence-corrected chi connectivity index (χ0v) is 19.7. The molecule has 4 fully saturated rings. The van der Waals surface area contributed by atoms with Gasteiger partial charge in [0.2, 0.25) is 0 Å². The van der Waals surface area contributed by atoms with Gasteiger partial charge in [0.15, 0.2) is 6.26 Å². The lowest BCUT2D eigenvalue weighted by Gasteiger charge is -2.63. The summed E-state index contributed by atoms with van der Waals surface area (Å²) in [5.74, 6) is 1.86. The van der Waals surface area contributed by atoms with E-state index in [9.17, 15) is 20.1 Å². The summed E-state index contributed by atoms with van der Waals surface area (Å²) in [4.78, 5) is 12.0. The van der Waals surface area contributed by atoms with Crippen molar-refractivity contribution in [2.24, 2.45) is 46.3 Å². The quantitative estimate of drug-likeness (QED) is 0.554. The number of aliphatic hydroxyl groups excluding tert-OH is 3. The molecule has 0 spiro atoms. The first-order valence-electron chi connectivity index (χ1n) is 12.8. The SMILES string of the molecule is CC(CCC(=O)OC1=CO1)C1CCC2C3C(O)CC4CC(O)CCC4(C)C3CC(O)C12C. The summed E-state index contributed by atoms with van der Waals surface area (Å²) in [6.07, 6.45) is 7.73. The van der Waals surface area contributed by atoms with Crippen molar-refractivity contribution >= 4 is 5.97 Å². The van der Waals surface area contributed by atoms with E-state index in [0.717, 1.165) is 51.4 Å². The highest BCUT2D eigenvalue weighted by molar-refractivity contribution is 5.70. The van der Waals surface area contributed by atoms with E-state index < -0.39 is 6.10 Å². The van der Waals surface area contributed by atoms with E-state index >= 15 is 0 Å². The molecule has 6 heteroatoms. The van der Waals surface area contributed by atoms with Gasteiger partial charge in [-0.25, -0.2) is 0 Å². The molecule has 0 saturated heterocycles. The van der Waals surface area contributed by atoms with Gasteiger partial charge in [0.1, 0.15) is 0 Å². The molecule has 0 radical (unpaired) electrons. The minimum atomic E-state index is -0.393. The molecular formula is C26H40O6. The van der Waals surface area contributed by atoms with E-state index in [2.05, 4.69) is 20.8 Å². The van der Waals surface area contributed by atoms with Gasteiger partial charge in [0.25, 0.3) is 0 Å². The molecule has 1 heterocycles. The third-order valence-electron chi connectivity index (χ3n) is 10.8. The molecule has 0 aromatic rings. The summed E-state index contributed by atoms with van der Waals surface area (Å²) < 4.78 is 9.86. The predicted molar refractivity (Wildman–Crippen MR) is 118 cm³/mol. The maximum Gasteiger partial charge on any atom is 0.329 e. The normalized spacial score (nSPS) is 50.2. The van der Waals surface area contributed by atoms with Crippen LogP contribution in [0.4, 0.5) is 0 Å². The summed E-state index contributed by atoms with van der Waals surface area (Å²) in [5.41, 5.74) is -0.135. The van der Waals surface area contributed by atoms with Crippen LogP contribution in [0.15, 0.2) is 12.2 Å². The van der Waals surface area contributed by atoms with Gasteiger partial charge < -0.3 is 24.8 Å². The Morgan fingerprint density at radius 1 is 1.16 bits per heavy atom. The lowest BCUT2D eigenvalue weighted by atomic mass is 9.43. The number of aliphatic hydroxyl groups is 3. The standard InChI is InChI=1S/C26H40O6/c1-14(4-7-22(30)32-23-13-31-23)17-5-6-18-24-19(12-21(29)26(17,18)3)25(2)9-8-16(27)10-15(25)11-20(24)28/h13-21,24,27-29H,4-12H2,1-3H3. The summed E-state index contributed by atoms with van der Waals surface area (Å²) in [6.45, 7) is 6.82. The Labute approximate surface area is 191 Å². The number of esters is 1. The predicted octanol–water partition coefficient (Wildman–Crippen LogP) is 3.74. The fraction of sp³-hybridized carbons (Fsp3) is 0.885. The molecular weight excluding hydrogens is 408 g/mol. The number of hydrogen-bond donors (Lipinski definition) is 3. The maximum atomic E-state index is 12.0. The molecule has 11 atom stereocenters. The maximum absolute atomic E-state index is 12.0. The van der Waals surface area contributed by atoms with Gasteiger partial charge >= 0.3 is 11.9 Å². The summed E-state index contributed by atoms with van der Waals surface area (Å²) in [6, 6.07) is 0. The second kappa shape index (κ2) is 7.99. The van der Waals surface area contributed by atoms with Crippen LogP contribution in [0.2, 0.25) is 0 Å². The molecule has 0 amide bonds. The number of carbonyl (C=O) groups is 1. The third-order valence-corrected chi connectivity index (χ3v) is 10.8. The third kappa shape index (κ3) is 3.52. The van der Waals surface area contributed by atoms with Crippen LogP contribution in [0, 0.1) is 46.3 Å². The molecule has 5 rings (SSSR count). The molecule has 0 aromatic carbocycles. The fourth-order valence-corrected chi connectivity index (χ4v) is 8.91. The van der Waals surface area contributed by atoms with Gasteiger partial charge in [-0.1, -0.05) is 20.8 Å². The molecule has 0 aromatic heterocycles. The molecule has 4 aliphatic carbocycles. The van der Waals surface area contributed by atoms with Gasteiger partial charge in [-0.3, -0.25) is 4.79 Å². The summed E-state index contributed by atoms with van der Waals surface area (Å²) >= 11 is 0. The van der Waals surface area contributed by atoms with Crippen molar-refractivity contribution in [3.63, 3.8) is 0 Å². The Morgan fingerprint density at radius 2 is 1.91 bits per heavy atom. The van der Waals surface area contributed by atoms with E-state index in [1.165, 1.54) is 6.26 Å². The first kappa shape index (κ1) is 22.7. The van der Waals surface area contributed by atoms with Crippen LogP contribution in [-0.4, -0.2) is 39.6 Å². The van der Waals surface area contributed by atoms with Crippen LogP contribution in [0.3, 0.4) is 0 Å². The van der Waals surface area contributed by atoms with Gasteiger partial charge in [-0.2, -0.15) is 0 Å². The van der Waals surface area contributed by atoms with Crippen molar-refractivity contribution in [2.75, 3.05) is 0 Å². The first-order chi connectivity index (χ1) is 15.1. The first-order valence-corrected chi connectivity index (χ1v) is 12.8. The number of carbonyl (C=O) groups excluding carboxylic acids is 1. The van der Waals surface area contributed by atoms with Gasteiger partial charge in [-0.15, -0.1) is 0 Å². The molecule has 3 N–H and O–H groups in total. The average molecular weight is 449 g/mol. The second-order valence-corrected chi connectivity index (χ2v) is 12.1. The Kier molecular flexibility index (Phi) is 5.66. The minimum absolute atomic E-state index is 0.0957. The lowest BCUT2D eigenvalue weighted by molar-refractivity contribution is -0.207. The van der Waals surface area contributed by atoms with E-state index in [1.807, 2.05) is 0 Å². The largest absolute Gasteiger partial charge is 0.424 e. The van der Waals surface area contributed by atoms with Crippen LogP contribution >= 0.6 is 0 Å². The van der Waals surface area contributed by atoms with E-state index in [0.29, 0.717) is 42.0 Å². The zero-order valence-electron chi connectivity index (χ0n) is 19.7. The molecule has 11 unspecified atom stereocenters. The molecule has 0 bridgehead atoms.